The molecule has 0 amide bonds. The number of aryl methyl sites for hydroxylation is 2. The van der Waals surface area contributed by atoms with E-state index < -0.39 is 40.4 Å². The lowest BCUT2D eigenvalue weighted by Crippen LogP contribution is -2.77. The van der Waals surface area contributed by atoms with E-state index in [1.807, 2.05) is 0 Å². The lowest BCUT2D eigenvalue weighted by Gasteiger charge is -2.45. The molecular formula is C128H155N5Si5. The van der Waals surface area contributed by atoms with E-state index in [9.17, 15) is 0 Å². The average molecular weight is 1900 g/mol. The van der Waals surface area contributed by atoms with Crippen molar-refractivity contribution in [1.82, 2.24) is 0 Å². The molecule has 2 spiro atoms. The van der Waals surface area contributed by atoms with E-state index in [-0.39, 0.29) is 21.7 Å². The Hall–Kier alpha value is -10.8. The van der Waals surface area contributed by atoms with Crippen LogP contribution in [-0.2, 0) is 28.1 Å². The topological polar surface area (TPSA) is 16.2 Å². The van der Waals surface area contributed by atoms with Crippen molar-refractivity contribution in [3.63, 3.8) is 0 Å². The zero-order valence-corrected chi connectivity index (χ0v) is 93.5. The zero-order chi connectivity index (χ0) is 98.3. The van der Waals surface area contributed by atoms with Gasteiger partial charge in [0.25, 0.3) is 0 Å². The standard InChI is InChI=1S/C34H39NSi.C30H29NSi.C23H33NSi.C21H27NSi.C20H27NSi/c1-7-34(8-2,9-3)27-18-23-33-31(24-27)35(6)30-12-10-11-13-32(30)36(33,28-19-14-25(4)15-20-28)29-21-16-26(5)17-22-29;1-4-21(5-2)22-18-19-26-30(20-22)32(29-17-11-8-14-25(29)31(26)3)27-15-9-6-12-23(27)24-13-7-10-16-28(24)32;1-22(2,3)16-10-12-18-20(14-16)25(8,9)21-15-17(23(4,5)6)11-13-19(21)24(18)7;1-16(2)14-17-10-11-19-21(15-17)23(12-6-7-13-23)20-9-5-4-8-18(20)22(19)3;1-7-20(2,3)15-12-13-17-19(14-15)22(5,6)18-11-9-8-10-16(18)21(17)4/h10-24H,7-9H2,1-6H3;6-21H,4-5H2,1-3H3;10-15H,1-9H3;4-5,8-11,15-16H,6-7,12-14H2,1-3H3;8-14H,7H2,1-6H3. The summed E-state index contributed by atoms with van der Waals surface area (Å²) in [7, 11) is 1.35. The number of rotatable bonds is 13. The number of para-hydroxylation sites is 4. The molecule has 0 atom stereocenters. The second-order valence-electron chi connectivity index (χ2n) is 45.5. The van der Waals surface area contributed by atoms with Crippen LogP contribution in [0, 0.1) is 19.8 Å². The average Bonchev–Trinajstić information content (AvgIpc) is 1.53. The lowest BCUT2D eigenvalue weighted by molar-refractivity contribution is 0.382. The summed E-state index contributed by atoms with van der Waals surface area (Å²) in [5.74, 6) is 1.34. The molecule has 5 nitrogen and oxygen atoms in total. The molecule has 14 aromatic carbocycles. The Bertz CT molecular complexity index is 6660. The summed E-state index contributed by atoms with van der Waals surface area (Å²) in [6, 6.07) is 120. The molecule has 7 aliphatic heterocycles. The van der Waals surface area contributed by atoms with Crippen molar-refractivity contribution in [2.45, 2.75) is 248 Å². The molecule has 7 aliphatic rings. The third kappa shape index (κ3) is 16.9. The highest BCUT2D eigenvalue weighted by Crippen LogP contribution is 2.46. The molecule has 0 aliphatic carbocycles. The van der Waals surface area contributed by atoms with Crippen molar-refractivity contribution >= 4 is 170 Å². The van der Waals surface area contributed by atoms with Crippen LogP contribution in [0.1, 0.15) is 213 Å². The van der Waals surface area contributed by atoms with Gasteiger partial charge in [0, 0.05) is 92.1 Å². The van der Waals surface area contributed by atoms with E-state index in [1.165, 1.54) is 189 Å². The van der Waals surface area contributed by atoms with Crippen molar-refractivity contribution in [2.24, 2.45) is 5.92 Å². The first kappa shape index (κ1) is 98.8. The van der Waals surface area contributed by atoms with Gasteiger partial charge in [-0.15, -0.1) is 0 Å². The highest BCUT2D eigenvalue weighted by atomic mass is 28.3. The maximum absolute atomic E-state index is 2.59. The molecule has 21 rings (SSSR count). The van der Waals surface area contributed by atoms with Gasteiger partial charge in [-0.3, -0.25) is 0 Å². The number of fused-ring (bicyclic) bond motifs is 19. The predicted octanol–water partition coefficient (Wildman–Crippen LogP) is 25.0. The molecule has 7 heterocycles. The van der Waals surface area contributed by atoms with Crippen molar-refractivity contribution in [3.8, 4) is 11.1 Å². The van der Waals surface area contributed by atoms with Crippen molar-refractivity contribution in [3.05, 3.63) is 348 Å². The van der Waals surface area contributed by atoms with Gasteiger partial charge in [-0.2, -0.15) is 0 Å². The second kappa shape index (κ2) is 38.3. The van der Waals surface area contributed by atoms with E-state index in [2.05, 4.69) is 514 Å². The van der Waals surface area contributed by atoms with Crippen LogP contribution in [0.4, 0.5) is 56.9 Å². The molecule has 712 valence electrons. The molecule has 0 unspecified atom stereocenters. The predicted molar refractivity (Wildman–Crippen MR) is 620 cm³/mol. The first-order chi connectivity index (χ1) is 65.9. The van der Waals surface area contributed by atoms with Crippen LogP contribution in [-0.4, -0.2) is 75.6 Å². The maximum atomic E-state index is 2.59. The number of nitrogens with zero attached hydrogens (tertiary/aromatic N) is 5. The summed E-state index contributed by atoms with van der Waals surface area (Å²) >= 11 is 0. The van der Waals surface area contributed by atoms with Gasteiger partial charge < -0.3 is 24.5 Å². The molecular weight excluding hydrogens is 1750 g/mol. The molecule has 14 aromatic rings. The van der Waals surface area contributed by atoms with Crippen LogP contribution in [0.15, 0.2) is 303 Å². The highest BCUT2D eigenvalue weighted by molar-refractivity contribution is 7.24. The van der Waals surface area contributed by atoms with Gasteiger partial charge in [0.15, 0.2) is 16.1 Å². The van der Waals surface area contributed by atoms with Crippen LogP contribution in [0.2, 0.25) is 38.3 Å². The fourth-order valence-electron chi connectivity index (χ4n) is 25.1. The molecule has 10 heteroatoms. The Morgan fingerprint density at radius 3 is 1.09 bits per heavy atom. The molecule has 138 heavy (non-hydrogen) atoms. The number of hydrogen-bond donors (Lipinski definition) is 0. The van der Waals surface area contributed by atoms with E-state index in [4.69, 9.17) is 0 Å². The smallest absolute Gasteiger partial charge is 0.185 e. The van der Waals surface area contributed by atoms with Crippen LogP contribution < -0.4 is 97.1 Å². The van der Waals surface area contributed by atoms with Gasteiger partial charge in [0.05, 0.1) is 0 Å². The Balaban J connectivity index is 0.000000121. The molecule has 1 fully saturated rings. The van der Waals surface area contributed by atoms with Crippen LogP contribution in [0.25, 0.3) is 11.1 Å². The van der Waals surface area contributed by atoms with Gasteiger partial charge in [-0.1, -0.05) is 404 Å². The Morgan fingerprint density at radius 2 is 0.638 bits per heavy atom. The zero-order valence-electron chi connectivity index (χ0n) is 88.5. The van der Waals surface area contributed by atoms with Crippen molar-refractivity contribution in [2.75, 3.05) is 59.7 Å². The summed E-state index contributed by atoms with van der Waals surface area (Å²) < 4.78 is 0. The van der Waals surface area contributed by atoms with Gasteiger partial charge >= 0.3 is 0 Å². The third-order valence-corrected chi connectivity index (χ3v) is 56.3. The van der Waals surface area contributed by atoms with Gasteiger partial charge in [0.2, 0.25) is 0 Å². The molecule has 0 bridgehead atoms. The summed E-state index contributed by atoms with van der Waals surface area (Å²) in [5.41, 5.74) is 29.1. The van der Waals surface area contributed by atoms with E-state index in [0.29, 0.717) is 5.92 Å². The highest BCUT2D eigenvalue weighted by Gasteiger charge is 2.55. The van der Waals surface area contributed by atoms with Crippen molar-refractivity contribution in [1.29, 1.82) is 0 Å². The minimum absolute atomic E-state index is 0.186. The van der Waals surface area contributed by atoms with Crippen molar-refractivity contribution < 1.29 is 0 Å². The summed E-state index contributed by atoms with van der Waals surface area (Å²) in [5, 5.41) is 21.7. The maximum Gasteiger partial charge on any atom is 0.185 e. The summed E-state index contributed by atoms with van der Waals surface area (Å²) in [4.78, 5) is 12.1. The Kier molecular flexibility index (Phi) is 27.4. The minimum atomic E-state index is -2.52. The van der Waals surface area contributed by atoms with E-state index >= 15 is 0 Å². The van der Waals surface area contributed by atoms with Gasteiger partial charge in [0.1, 0.15) is 24.2 Å². The Labute approximate surface area is 836 Å². The lowest BCUT2D eigenvalue weighted by atomic mass is 9.74. The summed E-state index contributed by atoms with van der Waals surface area (Å²) in [6.45, 7) is 51.5. The van der Waals surface area contributed by atoms with E-state index in [0.717, 1.165) is 25.2 Å². The number of benzene rings is 14. The van der Waals surface area contributed by atoms with E-state index in [1.54, 1.807) is 46.7 Å². The largest absolute Gasteiger partial charge is 0.345 e. The minimum Gasteiger partial charge on any atom is -0.345 e. The first-order valence-electron chi connectivity index (χ1n) is 52.1. The van der Waals surface area contributed by atoms with Crippen LogP contribution in [0.3, 0.4) is 0 Å². The quantitative estimate of drug-likeness (QED) is 0.107. The molecule has 1 saturated heterocycles. The molecule has 0 N–H and O–H groups in total. The second-order valence-corrected chi connectivity index (χ2v) is 65.8. The number of anilines is 10. The monoisotopic (exact) mass is 1900 g/mol. The van der Waals surface area contributed by atoms with Gasteiger partial charge in [-0.25, -0.2) is 0 Å². The number of hydrogen-bond acceptors (Lipinski definition) is 5. The fraction of sp³-hybridized carbons (Fsp3) is 0.344. The van der Waals surface area contributed by atoms with Gasteiger partial charge in [-0.05, 0) is 282 Å². The fourth-order valence-corrected chi connectivity index (χ4v) is 47.8. The summed E-state index contributed by atoms with van der Waals surface area (Å²) in [6.07, 6.45) is 11.1. The van der Waals surface area contributed by atoms with Crippen LogP contribution in [0.5, 0.6) is 0 Å². The molecule has 0 aromatic heterocycles. The Morgan fingerprint density at radius 1 is 0.290 bits per heavy atom. The normalized spacial score (nSPS) is 15.8. The molecule has 0 saturated carbocycles. The molecule has 0 radical (unpaired) electrons. The third-order valence-electron chi connectivity index (χ3n) is 34.2. The first-order valence-corrected chi connectivity index (χ1v) is 64.6. The van der Waals surface area contributed by atoms with Crippen LogP contribution >= 0.6 is 0 Å². The SMILES string of the molecule is CC(C)Cc1ccc2c(c1)[Si]1(CCCC1)c1ccccc1N2C.CCC(C)(C)c1ccc2c(c1)[Si](C)(C)c1ccccc1N2C.CCC(CC)(CC)c1ccc2c(c1)N(C)c1ccccc1[Si]2(c1ccc(C)cc1)c1ccc(C)cc1.CCC(CC)c1ccc2c(c1)[Si]1(c3ccccc3-c3ccccc31)c1ccccc1N2C.CN1c2ccc(C(C)(C)C)cc2[Si](C)(C)c2cc(C(C)(C)C)ccc21.